The number of rotatable bonds is 4. The van der Waals surface area contributed by atoms with E-state index < -0.39 is 0 Å². The van der Waals surface area contributed by atoms with Crippen molar-refractivity contribution in [3.05, 3.63) is 71.5 Å². The highest BCUT2D eigenvalue weighted by Crippen LogP contribution is 2.33. The smallest absolute Gasteiger partial charge is 0.258 e. The van der Waals surface area contributed by atoms with Gasteiger partial charge in [0.05, 0.1) is 5.69 Å². The number of hydrogen-bond acceptors (Lipinski definition) is 4. The maximum absolute atomic E-state index is 12.1. The molecule has 2 amide bonds. The van der Waals surface area contributed by atoms with E-state index in [2.05, 4.69) is 10.3 Å². The van der Waals surface area contributed by atoms with Crippen LogP contribution in [-0.2, 0) is 6.54 Å². The molecule has 0 unspecified atom stereocenters. The van der Waals surface area contributed by atoms with Gasteiger partial charge in [-0.25, -0.2) is 4.57 Å². The Kier molecular flexibility index (Phi) is 4.02. The highest BCUT2D eigenvalue weighted by Gasteiger charge is 2.25. The minimum atomic E-state index is -0.384. The lowest BCUT2D eigenvalue weighted by atomic mass is 9.94. The Morgan fingerprint density at radius 3 is 2.46 bits per heavy atom. The first-order valence-corrected chi connectivity index (χ1v) is 8.23. The predicted octanol–water partition coefficient (Wildman–Crippen LogP) is 1.75. The van der Waals surface area contributed by atoms with Gasteiger partial charge in [-0.3, -0.25) is 19.9 Å². The van der Waals surface area contributed by atoms with Crippen molar-refractivity contribution >= 4 is 34.5 Å². The molecule has 4 rings (SSSR count). The SMILES string of the molecule is O=C1NC(=O)c2ccc(N=Cc3cc[n+](CCO)cc3)c3cccc1c23. The van der Waals surface area contributed by atoms with Gasteiger partial charge >= 0.3 is 0 Å². The van der Waals surface area contributed by atoms with Crippen LogP contribution in [0.1, 0.15) is 26.3 Å². The second-order valence-electron chi connectivity index (χ2n) is 5.99. The maximum Gasteiger partial charge on any atom is 0.258 e. The summed E-state index contributed by atoms with van der Waals surface area (Å²) in [7, 11) is 0. The molecule has 128 valence electrons. The monoisotopic (exact) mass is 346 g/mol. The van der Waals surface area contributed by atoms with Crippen LogP contribution in [0.15, 0.2) is 59.9 Å². The van der Waals surface area contributed by atoms with E-state index in [4.69, 9.17) is 5.11 Å². The van der Waals surface area contributed by atoms with Crippen LogP contribution in [0.3, 0.4) is 0 Å². The molecule has 1 aromatic heterocycles. The second-order valence-corrected chi connectivity index (χ2v) is 5.99. The van der Waals surface area contributed by atoms with E-state index in [0.29, 0.717) is 28.7 Å². The molecule has 2 aromatic carbocycles. The number of nitrogens with zero attached hydrogens (tertiary/aromatic N) is 2. The summed E-state index contributed by atoms with van der Waals surface area (Å²) in [5.41, 5.74) is 2.58. The third kappa shape index (κ3) is 2.76. The van der Waals surface area contributed by atoms with Gasteiger partial charge in [0, 0.05) is 45.8 Å². The summed E-state index contributed by atoms with van der Waals surface area (Å²) < 4.78 is 1.88. The zero-order valence-corrected chi connectivity index (χ0v) is 13.8. The molecular formula is C20H16N3O3+. The fraction of sp³-hybridized carbons (Fsp3) is 0.100. The zero-order chi connectivity index (χ0) is 18.1. The van der Waals surface area contributed by atoms with Gasteiger partial charge in [-0.2, -0.15) is 0 Å². The molecule has 3 aromatic rings. The number of aliphatic hydroxyl groups is 1. The second kappa shape index (κ2) is 6.50. The molecule has 2 heterocycles. The zero-order valence-electron chi connectivity index (χ0n) is 13.8. The Bertz CT molecular complexity index is 1040. The minimum absolute atomic E-state index is 0.0884. The number of nitrogens with one attached hydrogen (secondary N) is 1. The van der Waals surface area contributed by atoms with Crippen molar-refractivity contribution in [1.29, 1.82) is 0 Å². The highest BCUT2D eigenvalue weighted by atomic mass is 16.3. The average Bonchev–Trinajstić information content (AvgIpc) is 2.66. The number of aliphatic hydroxyl groups excluding tert-OH is 1. The van der Waals surface area contributed by atoms with E-state index in [9.17, 15) is 9.59 Å². The predicted molar refractivity (Wildman–Crippen MR) is 96.7 cm³/mol. The summed E-state index contributed by atoms with van der Waals surface area (Å²) in [6.07, 6.45) is 5.48. The van der Waals surface area contributed by atoms with Gasteiger partial charge in [-0.15, -0.1) is 0 Å². The molecule has 0 aliphatic carbocycles. The molecule has 6 heteroatoms. The van der Waals surface area contributed by atoms with E-state index >= 15 is 0 Å². The Balaban J connectivity index is 1.75. The van der Waals surface area contributed by atoms with Crippen molar-refractivity contribution in [2.75, 3.05) is 6.61 Å². The molecule has 1 aliphatic heterocycles. The molecule has 0 saturated heterocycles. The number of aliphatic imine (C=N–C) groups is 1. The van der Waals surface area contributed by atoms with Crippen molar-refractivity contribution in [1.82, 2.24) is 5.32 Å². The quantitative estimate of drug-likeness (QED) is 0.429. The van der Waals surface area contributed by atoms with E-state index in [1.54, 1.807) is 30.5 Å². The van der Waals surface area contributed by atoms with Gasteiger partial charge in [-0.1, -0.05) is 12.1 Å². The summed E-state index contributed by atoms with van der Waals surface area (Å²) in [5.74, 6) is -0.767. The van der Waals surface area contributed by atoms with Crippen LogP contribution in [0.4, 0.5) is 5.69 Å². The average molecular weight is 346 g/mol. The van der Waals surface area contributed by atoms with Crippen LogP contribution in [0.2, 0.25) is 0 Å². The lowest BCUT2D eigenvalue weighted by molar-refractivity contribution is -0.698. The van der Waals surface area contributed by atoms with Crippen molar-refractivity contribution < 1.29 is 19.3 Å². The molecule has 0 bridgehead atoms. The molecule has 6 nitrogen and oxygen atoms in total. The van der Waals surface area contributed by atoms with Gasteiger partial charge in [-0.05, 0) is 18.2 Å². The van der Waals surface area contributed by atoms with Gasteiger partial charge < -0.3 is 5.11 Å². The number of aromatic nitrogens is 1. The van der Waals surface area contributed by atoms with Crippen molar-refractivity contribution in [3.63, 3.8) is 0 Å². The summed E-state index contributed by atoms with van der Waals surface area (Å²) >= 11 is 0. The Morgan fingerprint density at radius 2 is 1.73 bits per heavy atom. The third-order valence-corrected chi connectivity index (χ3v) is 4.36. The molecule has 0 fully saturated rings. The number of carbonyl (C=O) groups is 2. The summed E-state index contributed by atoms with van der Waals surface area (Å²) in [5, 5.41) is 12.7. The van der Waals surface area contributed by atoms with Gasteiger partial charge in [0.2, 0.25) is 0 Å². The number of benzene rings is 2. The van der Waals surface area contributed by atoms with Gasteiger partial charge in [0.15, 0.2) is 18.9 Å². The van der Waals surface area contributed by atoms with Crippen LogP contribution in [-0.4, -0.2) is 29.7 Å². The van der Waals surface area contributed by atoms with E-state index in [1.807, 2.05) is 35.2 Å². The summed E-state index contributed by atoms with van der Waals surface area (Å²) in [6, 6.07) is 12.6. The van der Waals surface area contributed by atoms with Gasteiger partial charge in [0.1, 0.15) is 6.61 Å². The number of carbonyl (C=O) groups excluding carboxylic acids is 2. The van der Waals surface area contributed by atoms with Crippen molar-refractivity contribution in [3.8, 4) is 0 Å². The van der Waals surface area contributed by atoms with Crippen molar-refractivity contribution in [2.45, 2.75) is 6.54 Å². The standard InChI is InChI=1S/C20H15N3O3/c24-11-10-23-8-6-13(7-9-23)12-21-17-5-4-16-18-14(17)2-1-3-15(18)19(25)22-20(16)26/h1-9,12,24H,10-11H2/p+1. The van der Waals surface area contributed by atoms with E-state index in [0.717, 1.165) is 10.9 Å². The summed E-state index contributed by atoms with van der Waals surface area (Å²) in [4.78, 5) is 28.7. The fourth-order valence-corrected chi connectivity index (χ4v) is 3.08. The highest BCUT2D eigenvalue weighted by molar-refractivity contribution is 6.26. The Morgan fingerprint density at radius 1 is 1.00 bits per heavy atom. The lowest BCUT2D eigenvalue weighted by Crippen LogP contribution is -2.34. The molecule has 1 aliphatic rings. The van der Waals surface area contributed by atoms with Crippen LogP contribution in [0, 0.1) is 0 Å². The third-order valence-electron chi connectivity index (χ3n) is 4.36. The molecule has 0 atom stereocenters. The first kappa shape index (κ1) is 16.1. The van der Waals surface area contributed by atoms with Gasteiger partial charge in [0.25, 0.3) is 11.8 Å². The molecule has 26 heavy (non-hydrogen) atoms. The van der Waals surface area contributed by atoms with Crippen LogP contribution < -0.4 is 9.88 Å². The summed E-state index contributed by atoms with van der Waals surface area (Å²) in [6.45, 7) is 0.632. The maximum atomic E-state index is 12.1. The first-order chi connectivity index (χ1) is 12.7. The van der Waals surface area contributed by atoms with Crippen molar-refractivity contribution in [2.24, 2.45) is 4.99 Å². The van der Waals surface area contributed by atoms with Crippen LogP contribution >= 0.6 is 0 Å². The number of imide groups is 1. The van der Waals surface area contributed by atoms with E-state index in [1.165, 1.54) is 0 Å². The Hall–Kier alpha value is -3.38. The minimum Gasteiger partial charge on any atom is -0.390 e. The number of pyridine rings is 1. The molecule has 0 radical (unpaired) electrons. The number of amides is 2. The first-order valence-electron chi connectivity index (χ1n) is 8.23. The molecule has 2 N–H and O–H groups in total. The topological polar surface area (TPSA) is 82.6 Å². The largest absolute Gasteiger partial charge is 0.390 e. The molecular weight excluding hydrogens is 330 g/mol. The van der Waals surface area contributed by atoms with E-state index in [-0.39, 0.29) is 18.4 Å². The number of hydrogen-bond donors (Lipinski definition) is 2. The van der Waals surface area contributed by atoms with Crippen LogP contribution in [0.5, 0.6) is 0 Å². The fourth-order valence-electron chi connectivity index (χ4n) is 3.08. The van der Waals surface area contributed by atoms with Crippen LogP contribution in [0.25, 0.3) is 10.8 Å². The Labute approximate surface area is 149 Å². The molecule has 0 spiro atoms. The normalized spacial score (nSPS) is 13.4. The lowest BCUT2D eigenvalue weighted by Gasteiger charge is -2.17. The molecule has 0 saturated carbocycles.